The quantitative estimate of drug-likeness (QED) is 0.611. The molecule has 3 rings (SSSR count). The molecule has 176 valence electrons. The number of nitrogens with one attached hydrogen (secondary N) is 1. The van der Waals surface area contributed by atoms with Crippen molar-refractivity contribution in [2.75, 3.05) is 65.8 Å². The van der Waals surface area contributed by atoms with Crippen LogP contribution in [-0.2, 0) is 33.3 Å². The van der Waals surface area contributed by atoms with Crippen molar-refractivity contribution in [2.24, 2.45) is 0 Å². The van der Waals surface area contributed by atoms with Gasteiger partial charge >= 0.3 is 6.09 Å². The fraction of sp³-hybridized carbons (Fsp3) is 0.850. The molecule has 11 heteroatoms. The van der Waals surface area contributed by atoms with Crippen LogP contribution in [-0.4, -0.2) is 117 Å². The van der Waals surface area contributed by atoms with Gasteiger partial charge in [-0.3, -0.25) is 9.59 Å². The monoisotopic (exact) mass is 443 g/mol. The number of carbonyl (C=O) groups is 3. The number of hydrogen-bond donors (Lipinski definition) is 1. The first kappa shape index (κ1) is 23.7. The summed E-state index contributed by atoms with van der Waals surface area (Å²) in [5.41, 5.74) is -0.626. The SMILES string of the molecule is CC(C)(C)OC(=O)N1CCN(C(=O)[C@@H]2COCCO2)[C@@H](CNC(=O)[C@@H]2COCCO2)C1. The Labute approximate surface area is 182 Å². The highest BCUT2D eigenvalue weighted by molar-refractivity contribution is 5.83. The van der Waals surface area contributed by atoms with E-state index in [1.807, 2.05) is 0 Å². The summed E-state index contributed by atoms with van der Waals surface area (Å²) in [5.74, 6) is -0.515. The molecule has 3 atom stereocenters. The largest absolute Gasteiger partial charge is 0.444 e. The Morgan fingerprint density at radius 1 is 0.968 bits per heavy atom. The fourth-order valence-corrected chi connectivity index (χ4v) is 3.60. The Bertz CT molecular complexity index is 641. The van der Waals surface area contributed by atoms with Crippen LogP contribution in [0.25, 0.3) is 0 Å². The van der Waals surface area contributed by atoms with Gasteiger partial charge in [-0.15, -0.1) is 0 Å². The summed E-state index contributed by atoms with van der Waals surface area (Å²) in [7, 11) is 0. The molecule has 3 aliphatic heterocycles. The van der Waals surface area contributed by atoms with Crippen LogP contribution in [0.3, 0.4) is 0 Å². The minimum atomic E-state index is -0.685. The van der Waals surface area contributed by atoms with Gasteiger partial charge in [0.25, 0.3) is 11.8 Å². The Morgan fingerprint density at radius 2 is 1.61 bits per heavy atom. The third kappa shape index (κ3) is 6.76. The Morgan fingerprint density at radius 3 is 2.19 bits per heavy atom. The van der Waals surface area contributed by atoms with Crippen molar-refractivity contribution >= 4 is 17.9 Å². The van der Waals surface area contributed by atoms with E-state index < -0.39 is 29.9 Å². The van der Waals surface area contributed by atoms with Crippen molar-refractivity contribution in [3.05, 3.63) is 0 Å². The van der Waals surface area contributed by atoms with Crippen molar-refractivity contribution < 1.29 is 38.1 Å². The molecule has 0 saturated carbocycles. The second-order valence-corrected chi connectivity index (χ2v) is 8.73. The van der Waals surface area contributed by atoms with Crippen LogP contribution < -0.4 is 5.32 Å². The molecule has 0 aromatic carbocycles. The smallest absolute Gasteiger partial charge is 0.410 e. The molecule has 11 nitrogen and oxygen atoms in total. The average molecular weight is 443 g/mol. The third-order valence-electron chi connectivity index (χ3n) is 5.13. The highest BCUT2D eigenvalue weighted by atomic mass is 16.6. The predicted octanol–water partition coefficient (Wildman–Crippen LogP) is -0.619. The van der Waals surface area contributed by atoms with Gasteiger partial charge in [-0.2, -0.15) is 0 Å². The molecule has 0 aromatic rings. The summed E-state index contributed by atoms with van der Waals surface area (Å²) in [6.07, 6.45) is -1.81. The van der Waals surface area contributed by atoms with Gasteiger partial charge in [0.05, 0.1) is 45.7 Å². The van der Waals surface area contributed by atoms with E-state index in [0.717, 1.165) is 0 Å². The Balaban J connectivity index is 1.64. The number of hydrogen-bond acceptors (Lipinski definition) is 8. The molecule has 0 radical (unpaired) electrons. The summed E-state index contributed by atoms with van der Waals surface area (Å²) >= 11 is 0. The van der Waals surface area contributed by atoms with Gasteiger partial charge in [0.2, 0.25) is 0 Å². The zero-order chi connectivity index (χ0) is 22.4. The van der Waals surface area contributed by atoms with Crippen LogP contribution in [0.15, 0.2) is 0 Å². The zero-order valence-corrected chi connectivity index (χ0v) is 18.5. The van der Waals surface area contributed by atoms with E-state index in [1.165, 1.54) is 0 Å². The predicted molar refractivity (Wildman–Crippen MR) is 107 cm³/mol. The number of carbonyl (C=O) groups excluding carboxylic acids is 3. The van der Waals surface area contributed by atoms with E-state index in [4.69, 9.17) is 23.7 Å². The van der Waals surface area contributed by atoms with Gasteiger partial charge in [-0.25, -0.2) is 4.79 Å². The maximum Gasteiger partial charge on any atom is 0.410 e. The minimum absolute atomic E-state index is 0.164. The van der Waals surface area contributed by atoms with Crippen LogP contribution in [0.5, 0.6) is 0 Å². The number of ether oxygens (including phenoxy) is 5. The first-order valence-corrected chi connectivity index (χ1v) is 10.7. The lowest BCUT2D eigenvalue weighted by Gasteiger charge is -2.43. The van der Waals surface area contributed by atoms with Gasteiger partial charge in [0.15, 0.2) is 12.2 Å². The molecule has 3 fully saturated rings. The van der Waals surface area contributed by atoms with Crippen LogP contribution in [0.4, 0.5) is 4.79 Å². The fourth-order valence-electron chi connectivity index (χ4n) is 3.60. The molecule has 3 saturated heterocycles. The van der Waals surface area contributed by atoms with Crippen molar-refractivity contribution in [1.29, 1.82) is 0 Å². The summed E-state index contributed by atoms with van der Waals surface area (Å²) < 4.78 is 27.1. The highest BCUT2D eigenvalue weighted by Crippen LogP contribution is 2.17. The van der Waals surface area contributed by atoms with Crippen LogP contribution in [0.2, 0.25) is 0 Å². The molecule has 0 bridgehead atoms. The van der Waals surface area contributed by atoms with E-state index in [2.05, 4.69) is 5.32 Å². The lowest BCUT2D eigenvalue weighted by atomic mass is 10.1. The van der Waals surface area contributed by atoms with E-state index in [1.54, 1.807) is 30.6 Å². The molecule has 3 heterocycles. The van der Waals surface area contributed by atoms with Gasteiger partial charge in [0, 0.05) is 26.2 Å². The second-order valence-electron chi connectivity index (χ2n) is 8.73. The molecule has 1 N–H and O–H groups in total. The number of amides is 3. The van der Waals surface area contributed by atoms with E-state index in [9.17, 15) is 14.4 Å². The lowest BCUT2D eigenvalue weighted by Crippen LogP contribution is -2.63. The van der Waals surface area contributed by atoms with E-state index in [-0.39, 0.29) is 38.1 Å². The Kier molecular flexibility index (Phi) is 8.09. The summed E-state index contributed by atoms with van der Waals surface area (Å²) in [6, 6.07) is -0.437. The van der Waals surface area contributed by atoms with Crippen molar-refractivity contribution in [2.45, 2.75) is 44.6 Å². The first-order chi connectivity index (χ1) is 14.7. The normalized spacial score (nSPS) is 27.5. The molecule has 0 aromatic heterocycles. The van der Waals surface area contributed by atoms with Crippen molar-refractivity contribution in [3.8, 4) is 0 Å². The molecule has 3 amide bonds. The molecule has 0 aliphatic carbocycles. The summed E-state index contributed by atoms with van der Waals surface area (Å²) in [4.78, 5) is 41.3. The molecule has 31 heavy (non-hydrogen) atoms. The average Bonchev–Trinajstić information content (AvgIpc) is 2.77. The summed E-state index contributed by atoms with van der Waals surface area (Å²) in [6.45, 7) is 8.45. The lowest BCUT2D eigenvalue weighted by molar-refractivity contribution is -0.163. The van der Waals surface area contributed by atoms with Crippen molar-refractivity contribution in [3.63, 3.8) is 0 Å². The number of rotatable bonds is 4. The minimum Gasteiger partial charge on any atom is -0.444 e. The molecular weight excluding hydrogens is 410 g/mol. The van der Waals surface area contributed by atoms with Gasteiger partial charge < -0.3 is 38.8 Å². The maximum absolute atomic E-state index is 13.0. The molecular formula is C20H33N3O8. The van der Waals surface area contributed by atoms with Gasteiger partial charge in [-0.05, 0) is 20.8 Å². The van der Waals surface area contributed by atoms with E-state index >= 15 is 0 Å². The van der Waals surface area contributed by atoms with Crippen molar-refractivity contribution in [1.82, 2.24) is 15.1 Å². The third-order valence-corrected chi connectivity index (χ3v) is 5.13. The standard InChI is InChI=1S/C20H33N3O8/c1-20(2,3)31-19(26)22-4-5-23(18(25)16-13-28-7-9-30-16)14(11-22)10-21-17(24)15-12-27-6-8-29-15/h14-16H,4-13H2,1-3H3,(H,21,24)/t14-,15-,16-/m0/s1. The van der Waals surface area contributed by atoms with Gasteiger partial charge in [-0.1, -0.05) is 0 Å². The van der Waals surface area contributed by atoms with Gasteiger partial charge in [0.1, 0.15) is 5.60 Å². The van der Waals surface area contributed by atoms with Crippen LogP contribution >= 0.6 is 0 Å². The molecule has 3 aliphatic rings. The number of piperazine rings is 1. The Hall–Kier alpha value is -1.95. The topological polar surface area (TPSA) is 116 Å². The molecule has 0 unspecified atom stereocenters. The number of nitrogens with zero attached hydrogens (tertiary/aromatic N) is 2. The zero-order valence-electron chi connectivity index (χ0n) is 18.5. The first-order valence-electron chi connectivity index (χ1n) is 10.7. The van der Waals surface area contributed by atoms with E-state index in [0.29, 0.717) is 39.5 Å². The molecule has 0 spiro atoms. The maximum atomic E-state index is 13.0. The second kappa shape index (κ2) is 10.6. The van der Waals surface area contributed by atoms with Crippen LogP contribution in [0.1, 0.15) is 20.8 Å². The summed E-state index contributed by atoms with van der Waals surface area (Å²) in [5, 5.41) is 2.83. The van der Waals surface area contributed by atoms with Crippen LogP contribution in [0, 0.1) is 0 Å². The highest BCUT2D eigenvalue weighted by Gasteiger charge is 2.38.